The van der Waals surface area contributed by atoms with E-state index in [1.54, 1.807) is 12.3 Å². The topological polar surface area (TPSA) is 68.0 Å². The third-order valence-corrected chi connectivity index (χ3v) is 3.88. The number of nitrogens with two attached hydrogens (primary N) is 1. The second-order valence-corrected chi connectivity index (χ2v) is 5.93. The highest BCUT2D eigenvalue weighted by molar-refractivity contribution is 5.90. The lowest BCUT2D eigenvalue weighted by Gasteiger charge is -2.14. The number of rotatable bonds is 7. The van der Waals surface area contributed by atoms with Gasteiger partial charge in [0.25, 0.3) is 5.91 Å². The number of hydrogen-bond acceptors (Lipinski definition) is 3. The quantitative estimate of drug-likeness (QED) is 0.804. The van der Waals surface area contributed by atoms with Gasteiger partial charge in [-0.3, -0.25) is 9.78 Å². The predicted octanol–water partition coefficient (Wildman–Crippen LogP) is 3.31. The first-order chi connectivity index (χ1) is 11.8. The van der Waals surface area contributed by atoms with Gasteiger partial charge in [0.15, 0.2) is 0 Å². The number of carbonyl (C=O) groups is 1. The Hall–Kier alpha value is -2.41. The summed E-state index contributed by atoms with van der Waals surface area (Å²) in [5, 5.41) is 3.28. The van der Waals surface area contributed by atoms with Gasteiger partial charge in [0.1, 0.15) is 5.69 Å². The number of alkyl halides is 3. The second-order valence-electron chi connectivity index (χ2n) is 5.93. The summed E-state index contributed by atoms with van der Waals surface area (Å²) in [5.41, 5.74) is 6.52. The fourth-order valence-electron chi connectivity index (χ4n) is 2.31. The molecule has 2 rings (SSSR count). The van der Waals surface area contributed by atoms with Gasteiger partial charge in [0.05, 0.1) is 5.56 Å². The van der Waals surface area contributed by atoms with Gasteiger partial charge in [-0.05, 0) is 49.1 Å². The van der Waals surface area contributed by atoms with Crippen molar-refractivity contribution in [1.82, 2.24) is 10.3 Å². The molecule has 2 aromatic rings. The molecule has 4 nitrogen and oxygen atoms in total. The minimum absolute atomic E-state index is 0.179. The molecule has 3 N–H and O–H groups in total. The Labute approximate surface area is 144 Å². The van der Waals surface area contributed by atoms with Crippen LogP contribution in [0.1, 0.15) is 40.5 Å². The van der Waals surface area contributed by atoms with Crippen LogP contribution in [0, 0.1) is 0 Å². The third kappa shape index (κ3) is 5.86. The summed E-state index contributed by atoms with van der Waals surface area (Å²) in [6, 6.07) is 8.73. The lowest BCUT2D eigenvalue weighted by Crippen LogP contribution is -2.26. The molecule has 1 atom stereocenters. The van der Waals surface area contributed by atoms with E-state index >= 15 is 0 Å². The molecule has 25 heavy (non-hydrogen) atoms. The molecule has 1 aromatic carbocycles. The van der Waals surface area contributed by atoms with Crippen LogP contribution < -0.4 is 11.1 Å². The Morgan fingerprint density at radius 2 is 1.80 bits per heavy atom. The van der Waals surface area contributed by atoms with Gasteiger partial charge in [-0.25, -0.2) is 0 Å². The first-order valence-electron chi connectivity index (χ1n) is 7.90. The van der Waals surface area contributed by atoms with Crippen LogP contribution in [0.25, 0.3) is 0 Å². The number of pyridine rings is 1. The molecule has 0 radical (unpaired) electrons. The first kappa shape index (κ1) is 18.9. The monoisotopic (exact) mass is 351 g/mol. The van der Waals surface area contributed by atoms with E-state index in [2.05, 4.69) is 10.3 Å². The van der Waals surface area contributed by atoms with Gasteiger partial charge in [0.2, 0.25) is 0 Å². The third-order valence-electron chi connectivity index (χ3n) is 3.88. The van der Waals surface area contributed by atoms with E-state index in [0.717, 1.165) is 36.1 Å². The fraction of sp³-hybridized carbons (Fsp3) is 0.333. The Kier molecular flexibility index (Phi) is 6.14. The van der Waals surface area contributed by atoms with Crippen LogP contribution in [-0.4, -0.2) is 16.9 Å². The second kappa shape index (κ2) is 8.11. The van der Waals surface area contributed by atoms with Crippen LogP contribution in [0.4, 0.5) is 13.2 Å². The van der Waals surface area contributed by atoms with Gasteiger partial charge in [-0.1, -0.05) is 18.2 Å². The molecule has 1 amide bonds. The number of aryl methyl sites for hydroxylation is 1. The number of carbonyl (C=O) groups excluding carboxylic acids is 1. The van der Waals surface area contributed by atoms with Crippen molar-refractivity contribution in [1.29, 1.82) is 0 Å². The van der Waals surface area contributed by atoms with E-state index in [1.807, 2.05) is 13.0 Å². The maximum atomic E-state index is 12.5. The Balaban J connectivity index is 1.78. The first-order valence-corrected chi connectivity index (χ1v) is 7.90. The van der Waals surface area contributed by atoms with Crippen molar-refractivity contribution >= 4 is 5.91 Å². The summed E-state index contributed by atoms with van der Waals surface area (Å²) in [5.74, 6) is -0.557. The summed E-state index contributed by atoms with van der Waals surface area (Å²) in [7, 11) is 0. The van der Waals surface area contributed by atoms with Crippen molar-refractivity contribution in [3.8, 4) is 0 Å². The van der Waals surface area contributed by atoms with Crippen LogP contribution >= 0.6 is 0 Å². The summed E-state index contributed by atoms with van der Waals surface area (Å²) >= 11 is 0. The van der Waals surface area contributed by atoms with Crippen molar-refractivity contribution < 1.29 is 18.0 Å². The molecule has 134 valence electrons. The van der Waals surface area contributed by atoms with Gasteiger partial charge in [-0.15, -0.1) is 0 Å². The minimum atomic E-state index is -4.31. The number of primary amides is 1. The lowest BCUT2D eigenvalue weighted by molar-refractivity contribution is -0.137. The number of amides is 1. The van der Waals surface area contributed by atoms with Crippen LogP contribution in [0.15, 0.2) is 42.6 Å². The molecule has 1 aromatic heterocycles. The summed E-state index contributed by atoms with van der Waals surface area (Å²) < 4.78 is 37.6. The zero-order chi connectivity index (χ0) is 18.4. The molecular weight excluding hydrogens is 331 g/mol. The van der Waals surface area contributed by atoms with Crippen molar-refractivity contribution in [2.45, 2.75) is 38.5 Å². The number of nitrogens with zero attached hydrogens (tertiary/aromatic N) is 1. The molecule has 0 saturated carbocycles. The normalized spacial score (nSPS) is 12.8. The highest BCUT2D eigenvalue weighted by Gasteiger charge is 2.29. The lowest BCUT2D eigenvalue weighted by atomic mass is 10.1. The highest BCUT2D eigenvalue weighted by atomic mass is 19.4. The van der Waals surface area contributed by atoms with E-state index in [9.17, 15) is 18.0 Å². The number of aromatic nitrogens is 1. The van der Waals surface area contributed by atoms with Gasteiger partial charge >= 0.3 is 6.18 Å². The SMILES string of the molecule is CC(CCc1ccc(C(N)=O)nc1)NCc1ccc(C(F)(F)F)cc1. The molecule has 0 aliphatic heterocycles. The van der Waals surface area contributed by atoms with E-state index in [1.165, 1.54) is 12.1 Å². The Bertz CT molecular complexity index is 697. The zero-order valence-corrected chi connectivity index (χ0v) is 13.8. The molecule has 0 fully saturated rings. The van der Waals surface area contributed by atoms with Crippen LogP contribution in [0.2, 0.25) is 0 Å². The van der Waals surface area contributed by atoms with Crippen LogP contribution in [0.3, 0.4) is 0 Å². The van der Waals surface area contributed by atoms with Crippen molar-refractivity contribution in [2.24, 2.45) is 5.73 Å². The van der Waals surface area contributed by atoms with E-state index in [-0.39, 0.29) is 11.7 Å². The van der Waals surface area contributed by atoms with E-state index < -0.39 is 17.6 Å². The molecule has 7 heteroatoms. The molecule has 1 unspecified atom stereocenters. The maximum Gasteiger partial charge on any atom is 0.416 e. The van der Waals surface area contributed by atoms with Gasteiger partial charge in [0, 0.05) is 18.8 Å². The average Bonchev–Trinajstić information content (AvgIpc) is 2.58. The minimum Gasteiger partial charge on any atom is -0.364 e. The van der Waals surface area contributed by atoms with Gasteiger partial charge < -0.3 is 11.1 Å². The summed E-state index contributed by atoms with van der Waals surface area (Å²) in [4.78, 5) is 15.0. The van der Waals surface area contributed by atoms with E-state index in [4.69, 9.17) is 5.73 Å². The van der Waals surface area contributed by atoms with Crippen molar-refractivity contribution in [3.05, 3.63) is 65.0 Å². The molecule has 0 spiro atoms. The smallest absolute Gasteiger partial charge is 0.364 e. The molecule has 0 saturated heterocycles. The molecule has 0 aliphatic carbocycles. The summed E-state index contributed by atoms with van der Waals surface area (Å²) in [6.07, 6.45) is -1.08. The van der Waals surface area contributed by atoms with Crippen molar-refractivity contribution in [2.75, 3.05) is 0 Å². The predicted molar refractivity (Wildman–Crippen MR) is 88.8 cm³/mol. The Morgan fingerprint density at radius 3 is 2.32 bits per heavy atom. The Morgan fingerprint density at radius 1 is 1.16 bits per heavy atom. The van der Waals surface area contributed by atoms with E-state index in [0.29, 0.717) is 6.54 Å². The standard InChI is InChI=1S/C18H20F3N3O/c1-12(2-3-13-6-9-16(17(22)25)24-11-13)23-10-14-4-7-15(8-5-14)18(19,20)21/h4-9,11-12,23H,2-3,10H2,1H3,(H2,22,25). The number of benzene rings is 1. The molecule has 1 heterocycles. The zero-order valence-electron chi connectivity index (χ0n) is 13.8. The maximum absolute atomic E-state index is 12.5. The molecular formula is C18H20F3N3O. The fourth-order valence-corrected chi connectivity index (χ4v) is 2.31. The summed E-state index contributed by atoms with van der Waals surface area (Å²) in [6.45, 7) is 2.51. The van der Waals surface area contributed by atoms with Gasteiger partial charge in [-0.2, -0.15) is 13.2 Å². The van der Waals surface area contributed by atoms with Crippen molar-refractivity contribution in [3.63, 3.8) is 0 Å². The largest absolute Gasteiger partial charge is 0.416 e. The number of nitrogens with one attached hydrogen (secondary N) is 1. The highest BCUT2D eigenvalue weighted by Crippen LogP contribution is 2.29. The number of hydrogen-bond donors (Lipinski definition) is 2. The average molecular weight is 351 g/mol. The molecule has 0 bridgehead atoms. The molecule has 0 aliphatic rings. The van der Waals surface area contributed by atoms with Crippen LogP contribution in [-0.2, 0) is 19.1 Å². The van der Waals surface area contributed by atoms with Crippen LogP contribution in [0.5, 0.6) is 0 Å². The number of halogens is 3.